The number of aryl methyl sites for hydroxylation is 1. The van der Waals surface area contributed by atoms with Crippen LogP contribution in [0.25, 0.3) is 0 Å². The lowest BCUT2D eigenvalue weighted by Gasteiger charge is -2.02. The second-order valence-electron chi connectivity index (χ2n) is 2.85. The van der Waals surface area contributed by atoms with E-state index in [9.17, 15) is 0 Å². The van der Waals surface area contributed by atoms with E-state index in [-0.39, 0.29) is 5.25 Å². The van der Waals surface area contributed by atoms with Crippen LogP contribution in [0.15, 0.2) is 47.5 Å². The summed E-state index contributed by atoms with van der Waals surface area (Å²) in [4.78, 5) is 1.09. The Hall–Kier alpha value is -1.42. The lowest BCUT2D eigenvalue weighted by Crippen LogP contribution is -1.91. The summed E-state index contributed by atoms with van der Waals surface area (Å²) in [6.45, 7) is 5.50. The lowest BCUT2D eigenvalue weighted by molar-refractivity contribution is 1.33. The van der Waals surface area contributed by atoms with Gasteiger partial charge in [0.05, 0.1) is 6.07 Å². The smallest absolute Gasteiger partial charge is 0.122 e. The monoisotopic (exact) mass is 201 g/mol. The topological polar surface area (TPSA) is 23.8 Å². The number of rotatable bonds is 3. The zero-order valence-corrected chi connectivity index (χ0v) is 8.84. The highest BCUT2D eigenvalue weighted by atomic mass is 32.2. The van der Waals surface area contributed by atoms with Gasteiger partial charge >= 0.3 is 0 Å². The second-order valence-corrected chi connectivity index (χ2v) is 4.07. The van der Waals surface area contributed by atoms with Crippen LogP contribution in [-0.4, -0.2) is 5.25 Å². The quantitative estimate of drug-likeness (QED) is 0.553. The van der Waals surface area contributed by atoms with Gasteiger partial charge in [-0.1, -0.05) is 24.3 Å². The van der Waals surface area contributed by atoms with Crippen LogP contribution in [0.4, 0.5) is 0 Å². The van der Waals surface area contributed by atoms with Gasteiger partial charge in [0.2, 0.25) is 0 Å². The number of hydrogen-bond acceptors (Lipinski definition) is 2. The number of nitriles is 1. The Balaban J connectivity index is 2.73. The highest BCUT2D eigenvalue weighted by Crippen LogP contribution is 2.23. The molecule has 14 heavy (non-hydrogen) atoms. The van der Waals surface area contributed by atoms with E-state index in [1.807, 2.05) is 31.2 Å². The summed E-state index contributed by atoms with van der Waals surface area (Å²) in [5.41, 5.74) is 3.86. The Bertz CT molecular complexity index is 380. The molecule has 1 aromatic rings. The van der Waals surface area contributed by atoms with Crippen molar-refractivity contribution in [3.05, 3.63) is 48.2 Å². The number of benzene rings is 1. The SMILES string of the molecule is C=C=CC(C#N)Sc1ccc(C)cc1. The fourth-order valence-electron chi connectivity index (χ4n) is 0.968. The summed E-state index contributed by atoms with van der Waals surface area (Å²) in [6.07, 6.45) is 1.67. The maximum atomic E-state index is 8.80. The van der Waals surface area contributed by atoms with Crippen molar-refractivity contribution in [2.24, 2.45) is 0 Å². The zero-order chi connectivity index (χ0) is 10.4. The minimum absolute atomic E-state index is 0.199. The maximum Gasteiger partial charge on any atom is 0.122 e. The molecule has 1 aromatic carbocycles. The Morgan fingerprint density at radius 3 is 2.57 bits per heavy atom. The summed E-state index contributed by atoms with van der Waals surface area (Å²) < 4.78 is 0. The molecule has 0 fully saturated rings. The van der Waals surface area contributed by atoms with E-state index in [0.717, 1.165) is 4.90 Å². The first kappa shape index (κ1) is 10.7. The molecule has 0 aliphatic heterocycles. The maximum absolute atomic E-state index is 8.80. The van der Waals surface area contributed by atoms with Gasteiger partial charge in [0.1, 0.15) is 5.25 Å². The largest absolute Gasteiger partial charge is 0.197 e. The van der Waals surface area contributed by atoms with Crippen LogP contribution in [0.2, 0.25) is 0 Å². The number of hydrogen-bond donors (Lipinski definition) is 0. The summed E-state index contributed by atoms with van der Waals surface area (Å²) in [6, 6.07) is 10.3. The molecule has 0 N–H and O–H groups in total. The first-order chi connectivity index (χ1) is 6.76. The van der Waals surface area contributed by atoms with Crippen molar-refractivity contribution in [1.82, 2.24) is 0 Å². The van der Waals surface area contributed by atoms with Gasteiger partial charge in [0.25, 0.3) is 0 Å². The van der Waals surface area contributed by atoms with Gasteiger partial charge < -0.3 is 0 Å². The van der Waals surface area contributed by atoms with Gasteiger partial charge in [0, 0.05) is 4.90 Å². The average molecular weight is 201 g/mol. The molecule has 2 heteroatoms. The van der Waals surface area contributed by atoms with Crippen LogP contribution in [-0.2, 0) is 0 Å². The van der Waals surface area contributed by atoms with Gasteiger partial charge in [-0.3, -0.25) is 0 Å². The Labute approximate surface area is 88.8 Å². The highest BCUT2D eigenvalue weighted by Gasteiger charge is 2.04. The van der Waals surface area contributed by atoms with Crippen molar-refractivity contribution in [1.29, 1.82) is 5.26 Å². The Morgan fingerprint density at radius 2 is 2.07 bits per heavy atom. The molecule has 0 radical (unpaired) electrons. The Morgan fingerprint density at radius 1 is 1.43 bits per heavy atom. The molecule has 0 aliphatic rings. The average Bonchev–Trinajstić information content (AvgIpc) is 2.20. The molecule has 1 rings (SSSR count). The molecule has 1 nitrogen and oxygen atoms in total. The number of thioether (sulfide) groups is 1. The van der Waals surface area contributed by atoms with Crippen LogP contribution >= 0.6 is 11.8 Å². The molecular weight excluding hydrogens is 190 g/mol. The third-order valence-corrected chi connectivity index (χ3v) is 2.72. The van der Waals surface area contributed by atoms with Crippen molar-refractivity contribution in [3.8, 4) is 6.07 Å². The fraction of sp³-hybridized carbons (Fsp3) is 0.167. The first-order valence-electron chi connectivity index (χ1n) is 4.25. The minimum Gasteiger partial charge on any atom is -0.197 e. The van der Waals surface area contributed by atoms with E-state index in [0.29, 0.717) is 0 Å². The Kier molecular flexibility index (Phi) is 4.07. The normalized spacial score (nSPS) is 11.1. The van der Waals surface area contributed by atoms with E-state index in [1.54, 1.807) is 6.08 Å². The lowest BCUT2D eigenvalue weighted by atomic mass is 10.2. The number of nitrogens with zero attached hydrogens (tertiary/aromatic N) is 1. The second kappa shape index (κ2) is 5.34. The molecular formula is C12H11NS. The summed E-state index contributed by atoms with van der Waals surface area (Å²) in [7, 11) is 0. The van der Waals surface area contributed by atoms with E-state index in [2.05, 4.69) is 18.4 Å². The predicted octanol–water partition coefficient (Wildman–Crippen LogP) is 3.32. The first-order valence-corrected chi connectivity index (χ1v) is 5.13. The fourth-order valence-corrected chi connectivity index (χ4v) is 1.77. The summed E-state index contributed by atoms with van der Waals surface area (Å²) in [5.74, 6) is 0. The standard InChI is InChI=1S/C12H11NS/c1-3-4-12(9-13)14-11-7-5-10(2)6-8-11/h4-8,12H,1H2,2H3. The van der Waals surface area contributed by atoms with Gasteiger partial charge in [-0.2, -0.15) is 5.26 Å². The van der Waals surface area contributed by atoms with Gasteiger partial charge in [-0.25, -0.2) is 0 Å². The van der Waals surface area contributed by atoms with E-state index < -0.39 is 0 Å². The molecule has 0 bridgehead atoms. The highest BCUT2D eigenvalue weighted by molar-refractivity contribution is 8.00. The summed E-state index contributed by atoms with van der Waals surface area (Å²) in [5, 5.41) is 8.60. The molecule has 1 atom stereocenters. The van der Waals surface area contributed by atoms with Crippen LogP contribution in [0, 0.1) is 18.3 Å². The predicted molar refractivity (Wildman–Crippen MR) is 60.1 cm³/mol. The molecule has 0 aromatic heterocycles. The summed E-state index contributed by atoms with van der Waals surface area (Å²) >= 11 is 1.50. The van der Waals surface area contributed by atoms with Crippen molar-refractivity contribution < 1.29 is 0 Å². The van der Waals surface area contributed by atoms with Gasteiger partial charge in [-0.15, -0.1) is 17.5 Å². The van der Waals surface area contributed by atoms with Crippen LogP contribution in [0.3, 0.4) is 0 Å². The minimum atomic E-state index is -0.199. The molecule has 0 amide bonds. The van der Waals surface area contributed by atoms with Crippen LogP contribution in [0.5, 0.6) is 0 Å². The molecule has 1 unspecified atom stereocenters. The molecule has 0 spiro atoms. The molecule has 0 saturated carbocycles. The molecule has 70 valence electrons. The molecule has 0 saturated heterocycles. The third kappa shape index (κ3) is 3.14. The molecule has 0 heterocycles. The van der Waals surface area contributed by atoms with Crippen molar-refractivity contribution in [2.45, 2.75) is 17.1 Å². The van der Waals surface area contributed by atoms with E-state index >= 15 is 0 Å². The zero-order valence-electron chi connectivity index (χ0n) is 8.03. The third-order valence-electron chi connectivity index (χ3n) is 1.68. The van der Waals surface area contributed by atoms with Crippen molar-refractivity contribution in [2.75, 3.05) is 0 Å². The van der Waals surface area contributed by atoms with E-state index in [1.165, 1.54) is 17.3 Å². The van der Waals surface area contributed by atoms with Gasteiger partial charge in [0.15, 0.2) is 0 Å². The van der Waals surface area contributed by atoms with Gasteiger partial charge in [-0.05, 0) is 25.1 Å². The molecule has 0 aliphatic carbocycles. The van der Waals surface area contributed by atoms with Crippen molar-refractivity contribution >= 4 is 11.8 Å². The van der Waals surface area contributed by atoms with Crippen molar-refractivity contribution in [3.63, 3.8) is 0 Å². The van der Waals surface area contributed by atoms with E-state index in [4.69, 9.17) is 5.26 Å². The van der Waals surface area contributed by atoms with Crippen LogP contribution < -0.4 is 0 Å². The van der Waals surface area contributed by atoms with Crippen LogP contribution in [0.1, 0.15) is 5.56 Å².